The van der Waals surface area contributed by atoms with Gasteiger partial charge in [0.1, 0.15) is 5.82 Å². The maximum Gasteiger partial charge on any atom is 0.207 e. The van der Waals surface area contributed by atoms with E-state index in [1.54, 1.807) is 12.1 Å². The second-order valence-electron chi connectivity index (χ2n) is 6.05. The molecule has 2 heterocycles. The second-order valence-corrected chi connectivity index (χ2v) is 6.05. The Labute approximate surface area is 140 Å². The molecule has 0 spiro atoms. The summed E-state index contributed by atoms with van der Waals surface area (Å²) >= 11 is 0. The highest BCUT2D eigenvalue weighted by atomic mass is 19.1. The van der Waals surface area contributed by atoms with Gasteiger partial charge in [-0.15, -0.1) is 0 Å². The van der Waals surface area contributed by atoms with E-state index < -0.39 is 0 Å². The zero-order valence-corrected chi connectivity index (χ0v) is 13.3. The minimum Gasteiger partial charge on any atom is -0.326 e. The number of fused-ring (bicyclic) bond motifs is 1. The average molecular weight is 322 g/mol. The average Bonchev–Trinajstić information content (AvgIpc) is 3.00. The normalized spacial score (nSPS) is 14.4. The van der Waals surface area contributed by atoms with Gasteiger partial charge in [0.2, 0.25) is 5.95 Å². The van der Waals surface area contributed by atoms with Crippen molar-refractivity contribution in [3.63, 3.8) is 0 Å². The van der Waals surface area contributed by atoms with E-state index in [0.29, 0.717) is 0 Å². The summed E-state index contributed by atoms with van der Waals surface area (Å²) in [7, 11) is 0. The van der Waals surface area contributed by atoms with Crippen molar-refractivity contribution in [3.05, 3.63) is 77.9 Å². The van der Waals surface area contributed by atoms with Crippen molar-refractivity contribution in [1.29, 1.82) is 0 Å². The van der Waals surface area contributed by atoms with Gasteiger partial charge >= 0.3 is 0 Å². The van der Waals surface area contributed by atoms with E-state index in [2.05, 4.69) is 44.0 Å². The molecule has 2 aromatic carbocycles. The van der Waals surface area contributed by atoms with E-state index in [4.69, 9.17) is 0 Å². The molecule has 0 saturated heterocycles. The second kappa shape index (κ2) is 6.45. The third-order valence-corrected chi connectivity index (χ3v) is 4.31. The van der Waals surface area contributed by atoms with Crippen LogP contribution in [0.4, 0.5) is 16.0 Å². The van der Waals surface area contributed by atoms with E-state index in [1.807, 2.05) is 12.3 Å². The Bertz CT molecular complexity index is 811. The van der Waals surface area contributed by atoms with Crippen molar-refractivity contribution >= 4 is 11.6 Å². The summed E-state index contributed by atoms with van der Waals surface area (Å²) in [6.07, 6.45) is 1.92. The molecule has 24 heavy (non-hydrogen) atoms. The fraction of sp³-hybridized carbons (Fsp3) is 0.211. The van der Waals surface area contributed by atoms with Crippen LogP contribution in [0.5, 0.6) is 0 Å². The zero-order valence-electron chi connectivity index (χ0n) is 13.3. The molecule has 122 valence electrons. The Morgan fingerprint density at radius 3 is 2.58 bits per heavy atom. The van der Waals surface area contributed by atoms with Gasteiger partial charge < -0.3 is 9.88 Å². The van der Waals surface area contributed by atoms with Crippen LogP contribution in [-0.2, 0) is 19.6 Å². The lowest BCUT2D eigenvalue weighted by molar-refractivity contribution is 0.214. The molecule has 0 amide bonds. The molecule has 1 aromatic heterocycles. The summed E-state index contributed by atoms with van der Waals surface area (Å²) in [5, 5.41) is 3.27. The van der Waals surface area contributed by atoms with Gasteiger partial charge in [-0.3, -0.25) is 4.90 Å². The predicted octanol–water partition coefficient (Wildman–Crippen LogP) is 3.78. The minimum atomic E-state index is -0.234. The lowest BCUT2D eigenvalue weighted by Crippen LogP contribution is -2.33. The topological polar surface area (TPSA) is 33.1 Å². The van der Waals surface area contributed by atoms with E-state index in [-0.39, 0.29) is 5.82 Å². The smallest absolute Gasteiger partial charge is 0.207 e. The van der Waals surface area contributed by atoms with E-state index in [1.165, 1.54) is 23.4 Å². The molecule has 0 bridgehead atoms. The summed E-state index contributed by atoms with van der Waals surface area (Å²) in [5.74, 6) is 0.582. The fourth-order valence-electron chi connectivity index (χ4n) is 3.07. The van der Waals surface area contributed by atoms with Gasteiger partial charge in [0.15, 0.2) is 0 Å². The predicted molar refractivity (Wildman–Crippen MR) is 92.5 cm³/mol. The summed E-state index contributed by atoms with van der Waals surface area (Å²) < 4.78 is 15.2. The van der Waals surface area contributed by atoms with Gasteiger partial charge in [-0.05, 0) is 29.8 Å². The van der Waals surface area contributed by atoms with Gasteiger partial charge in [0, 0.05) is 31.9 Å². The Morgan fingerprint density at radius 1 is 1.00 bits per heavy atom. The molecule has 4 nitrogen and oxygen atoms in total. The zero-order chi connectivity index (χ0) is 16.4. The number of nitrogens with zero attached hydrogens (tertiary/aromatic N) is 3. The van der Waals surface area contributed by atoms with Gasteiger partial charge in [-0.1, -0.05) is 30.3 Å². The number of anilines is 2. The van der Waals surface area contributed by atoms with Crippen molar-refractivity contribution in [3.8, 4) is 0 Å². The Morgan fingerprint density at radius 2 is 1.79 bits per heavy atom. The monoisotopic (exact) mass is 322 g/mol. The van der Waals surface area contributed by atoms with Crippen molar-refractivity contribution in [2.45, 2.75) is 19.6 Å². The molecular formula is C19H19FN4. The van der Waals surface area contributed by atoms with Gasteiger partial charge in [0.25, 0.3) is 0 Å². The highest BCUT2D eigenvalue weighted by Crippen LogP contribution is 2.22. The summed E-state index contributed by atoms with van der Waals surface area (Å²) in [5.41, 5.74) is 3.37. The summed E-state index contributed by atoms with van der Waals surface area (Å²) in [6.45, 7) is 3.71. The van der Waals surface area contributed by atoms with Gasteiger partial charge in [-0.2, -0.15) is 0 Å². The van der Waals surface area contributed by atoms with Gasteiger partial charge in [0.05, 0.1) is 11.9 Å². The first-order valence-corrected chi connectivity index (χ1v) is 8.11. The summed E-state index contributed by atoms with van der Waals surface area (Å²) in [4.78, 5) is 6.91. The maximum atomic E-state index is 13.0. The maximum absolute atomic E-state index is 13.0. The molecule has 0 aliphatic carbocycles. The highest BCUT2D eigenvalue weighted by molar-refractivity contribution is 5.53. The van der Waals surface area contributed by atoms with Crippen LogP contribution in [0, 0.1) is 5.82 Å². The summed E-state index contributed by atoms with van der Waals surface area (Å²) in [6, 6.07) is 16.9. The van der Waals surface area contributed by atoms with Crippen LogP contribution in [0.25, 0.3) is 0 Å². The first-order chi connectivity index (χ1) is 11.8. The number of hydrogen-bond acceptors (Lipinski definition) is 3. The van der Waals surface area contributed by atoms with Crippen LogP contribution in [0.2, 0.25) is 0 Å². The number of hydrogen-bond donors (Lipinski definition) is 1. The molecule has 3 aromatic rings. The molecule has 1 N–H and O–H groups in total. The van der Waals surface area contributed by atoms with Crippen molar-refractivity contribution in [2.75, 3.05) is 11.9 Å². The van der Waals surface area contributed by atoms with E-state index >= 15 is 0 Å². The molecule has 1 aliphatic rings. The van der Waals surface area contributed by atoms with Crippen molar-refractivity contribution in [1.82, 2.24) is 14.5 Å². The number of aromatic nitrogens is 2. The van der Waals surface area contributed by atoms with Crippen LogP contribution in [0.3, 0.4) is 0 Å². The van der Waals surface area contributed by atoms with Crippen LogP contribution < -0.4 is 5.32 Å². The van der Waals surface area contributed by atoms with E-state index in [0.717, 1.165) is 37.8 Å². The van der Waals surface area contributed by atoms with E-state index in [9.17, 15) is 4.39 Å². The molecule has 5 heteroatoms. The fourth-order valence-corrected chi connectivity index (χ4v) is 3.07. The number of halogens is 1. The van der Waals surface area contributed by atoms with Crippen LogP contribution in [0.15, 0.2) is 60.8 Å². The lowest BCUT2D eigenvalue weighted by Gasteiger charge is -2.28. The number of rotatable bonds is 4. The SMILES string of the molecule is Fc1ccc(Nc2ncc3n2CCN(Cc2ccccc2)C3)cc1. The molecule has 0 radical (unpaired) electrons. The van der Waals surface area contributed by atoms with Crippen molar-refractivity contribution in [2.24, 2.45) is 0 Å². The largest absolute Gasteiger partial charge is 0.326 e. The van der Waals surface area contributed by atoms with Crippen molar-refractivity contribution < 1.29 is 4.39 Å². The third-order valence-electron chi connectivity index (χ3n) is 4.31. The molecule has 0 saturated carbocycles. The third kappa shape index (κ3) is 3.16. The molecular weight excluding hydrogens is 303 g/mol. The Hall–Kier alpha value is -2.66. The minimum absolute atomic E-state index is 0.234. The highest BCUT2D eigenvalue weighted by Gasteiger charge is 2.19. The first-order valence-electron chi connectivity index (χ1n) is 8.11. The van der Waals surface area contributed by atoms with Crippen LogP contribution in [-0.4, -0.2) is 21.0 Å². The first kappa shape index (κ1) is 14.9. The molecule has 0 unspecified atom stereocenters. The quantitative estimate of drug-likeness (QED) is 0.793. The van der Waals surface area contributed by atoms with Crippen LogP contribution >= 0.6 is 0 Å². The number of imidazole rings is 1. The standard InChI is InChI=1S/C19H19FN4/c20-16-6-8-17(9-7-16)22-19-21-12-18-14-23(10-11-24(18)19)13-15-4-2-1-3-5-15/h1-9,12H,10-11,13-14H2,(H,21,22). The molecule has 0 atom stereocenters. The molecule has 0 fully saturated rings. The van der Waals surface area contributed by atoms with Gasteiger partial charge in [-0.25, -0.2) is 9.37 Å². The molecule has 1 aliphatic heterocycles. The lowest BCUT2D eigenvalue weighted by atomic mass is 10.2. The Balaban J connectivity index is 1.46. The molecule has 4 rings (SSSR count). The Kier molecular flexibility index (Phi) is 4.01. The van der Waals surface area contributed by atoms with Crippen LogP contribution in [0.1, 0.15) is 11.3 Å². The number of nitrogens with one attached hydrogen (secondary N) is 1. The number of benzene rings is 2.